The quantitative estimate of drug-likeness (QED) is 0.485. The maximum atomic E-state index is 2.37. The Kier molecular flexibility index (Phi) is 59.7. The van der Waals surface area contributed by atoms with Crippen LogP contribution in [0.25, 0.3) is 0 Å². The molecule has 0 radical (unpaired) electrons. The van der Waals surface area contributed by atoms with Crippen LogP contribution in [0.3, 0.4) is 0 Å². The van der Waals surface area contributed by atoms with Crippen LogP contribution >= 0.6 is 0 Å². The van der Waals surface area contributed by atoms with E-state index in [9.17, 15) is 0 Å². The van der Waals surface area contributed by atoms with Crippen LogP contribution in [0.5, 0.6) is 0 Å². The van der Waals surface area contributed by atoms with Gasteiger partial charge in [-0.2, -0.15) is 0 Å². The molecule has 124 valence electrons. The molecule has 1 aliphatic rings. The van der Waals surface area contributed by atoms with E-state index in [1.165, 1.54) is 38.5 Å². The molecule has 1 fully saturated rings. The molecule has 0 bridgehead atoms. The largest absolute Gasteiger partial charge is 0.0776 e. The number of rotatable bonds is 3. The average molecular weight is 277 g/mol. The van der Waals surface area contributed by atoms with E-state index in [4.69, 9.17) is 0 Å². The molecule has 0 saturated heterocycles. The van der Waals surface area contributed by atoms with Gasteiger partial charge >= 0.3 is 0 Å². The summed E-state index contributed by atoms with van der Waals surface area (Å²) in [6.45, 7) is 20.9. The molecule has 0 heterocycles. The summed E-state index contributed by atoms with van der Waals surface area (Å²) >= 11 is 0. The first kappa shape index (κ1) is 31.4. The predicted octanol–water partition coefficient (Wildman–Crippen LogP) is 8.35. The summed E-state index contributed by atoms with van der Waals surface area (Å²) in [5, 5.41) is 0. The van der Waals surface area contributed by atoms with Crippen molar-refractivity contribution in [1.82, 2.24) is 0 Å². The standard InChI is InChI=1S/C9H18.C3H8.3C2H6.CH4/c1-3-8(2)7-9-5-4-6-9;1-3-2;3*1-2;/h8-9H,3-7H2,1-2H3;3H2,1-2H3;3*1-2H3;1H4. The minimum atomic E-state index is 0. The summed E-state index contributed by atoms with van der Waals surface area (Å²) in [5.74, 6) is 2.09. The van der Waals surface area contributed by atoms with Crippen LogP contribution in [0.4, 0.5) is 0 Å². The Morgan fingerprint density at radius 1 is 0.842 bits per heavy atom. The van der Waals surface area contributed by atoms with Crippen LogP contribution in [0.2, 0.25) is 0 Å². The highest BCUT2D eigenvalue weighted by Gasteiger charge is 2.18. The lowest BCUT2D eigenvalue weighted by Gasteiger charge is -2.27. The fraction of sp³-hybridized carbons (Fsp3) is 1.00. The molecule has 0 N–H and O–H groups in total. The molecule has 0 nitrogen and oxygen atoms in total. The van der Waals surface area contributed by atoms with Gasteiger partial charge in [0, 0.05) is 0 Å². The van der Waals surface area contributed by atoms with E-state index in [0.717, 1.165) is 11.8 Å². The molecule has 1 rings (SSSR count). The van der Waals surface area contributed by atoms with Gasteiger partial charge in [-0.15, -0.1) is 0 Å². The molecule has 0 aliphatic heterocycles. The van der Waals surface area contributed by atoms with Crippen LogP contribution in [0.1, 0.15) is 115 Å². The van der Waals surface area contributed by atoms with Crippen LogP contribution in [-0.4, -0.2) is 0 Å². The third-order valence-electron chi connectivity index (χ3n) is 2.66. The summed E-state index contributed by atoms with van der Waals surface area (Å²) in [6.07, 6.45) is 8.66. The first-order chi connectivity index (χ1) is 8.74. The normalized spacial score (nSPS) is 12.9. The number of hydrogen-bond donors (Lipinski definition) is 0. The van der Waals surface area contributed by atoms with Crippen LogP contribution in [0.15, 0.2) is 0 Å². The highest BCUT2D eigenvalue weighted by atomic mass is 14.2. The summed E-state index contributed by atoms with van der Waals surface area (Å²) in [4.78, 5) is 0. The van der Waals surface area contributed by atoms with E-state index < -0.39 is 0 Å². The topological polar surface area (TPSA) is 0 Å². The van der Waals surface area contributed by atoms with E-state index in [2.05, 4.69) is 27.7 Å². The first-order valence-electron chi connectivity index (χ1n) is 8.74. The average Bonchev–Trinajstić information content (AvgIpc) is 2.41. The molecule has 0 spiro atoms. The van der Waals surface area contributed by atoms with Gasteiger partial charge in [0.1, 0.15) is 0 Å². The maximum absolute atomic E-state index is 2.37. The molecule has 0 amide bonds. The second-order valence-electron chi connectivity index (χ2n) is 4.25. The summed E-state index contributed by atoms with van der Waals surface area (Å²) in [5.41, 5.74) is 0. The van der Waals surface area contributed by atoms with Gasteiger partial charge in [0.2, 0.25) is 0 Å². The predicted molar refractivity (Wildman–Crippen MR) is 98.2 cm³/mol. The van der Waals surface area contributed by atoms with Gasteiger partial charge in [-0.05, 0) is 18.3 Å². The molecule has 1 aliphatic carbocycles. The highest BCUT2D eigenvalue weighted by Crippen LogP contribution is 2.32. The van der Waals surface area contributed by atoms with Crippen LogP contribution < -0.4 is 0 Å². The van der Waals surface area contributed by atoms with Gasteiger partial charge in [0.15, 0.2) is 0 Å². The van der Waals surface area contributed by atoms with E-state index >= 15 is 0 Å². The van der Waals surface area contributed by atoms with Crippen molar-refractivity contribution in [1.29, 1.82) is 0 Å². The zero-order chi connectivity index (χ0) is 15.4. The monoisotopic (exact) mass is 276 g/mol. The van der Waals surface area contributed by atoms with Gasteiger partial charge in [-0.3, -0.25) is 0 Å². The molecule has 0 aromatic carbocycles. The van der Waals surface area contributed by atoms with Crippen molar-refractivity contribution < 1.29 is 0 Å². The Labute approximate surface area is 127 Å². The lowest BCUT2D eigenvalue weighted by molar-refractivity contribution is 0.254. The van der Waals surface area contributed by atoms with Crippen molar-refractivity contribution in [3.05, 3.63) is 0 Å². The molecule has 19 heavy (non-hydrogen) atoms. The summed E-state index contributed by atoms with van der Waals surface area (Å²) in [7, 11) is 0. The first-order valence-corrected chi connectivity index (χ1v) is 8.74. The maximum Gasteiger partial charge on any atom is -0.0412 e. The Bertz CT molecular complexity index is 79.3. The van der Waals surface area contributed by atoms with Crippen molar-refractivity contribution in [3.8, 4) is 0 Å². The SMILES string of the molecule is C.CC.CC.CC.CCC.CCC(C)CC1CCC1. The lowest BCUT2D eigenvalue weighted by Crippen LogP contribution is -2.13. The minimum Gasteiger partial charge on any atom is -0.0776 e. The Morgan fingerprint density at radius 2 is 1.16 bits per heavy atom. The molecule has 0 aromatic heterocycles. The van der Waals surface area contributed by atoms with Crippen molar-refractivity contribution in [2.24, 2.45) is 11.8 Å². The van der Waals surface area contributed by atoms with E-state index in [1.807, 2.05) is 41.5 Å². The number of hydrogen-bond acceptors (Lipinski definition) is 0. The third kappa shape index (κ3) is 32.0. The zero-order valence-corrected chi connectivity index (χ0v) is 15.4. The molecule has 1 unspecified atom stereocenters. The molecule has 0 aromatic rings. The van der Waals surface area contributed by atoms with Gasteiger partial charge in [0.05, 0.1) is 0 Å². The van der Waals surface area contributed by atoms with E-state index in [0.29, 0.717) is 0 Å². The van der Waals surface area contributed by atoms with Crippen molar-refractivity contribution in [2.45, 2.75) is 115 Å². The third-order valence-corrected chi connectivity index (χ3v) is 2.66. The minimum absolute atomic E-state index is 0. The van der Waals surface area contributed by atoms with Crippen molar-refractivity contribution in [3.63, 3.8) is 0 Å². The van der Waals surface area contributed by atoms with Crippen molar-refractivity contribution >= 4 is 0 Å². The van der Waals surface area contributed by atoms with E-state index in [1.54, 1.807) is 0 Å². The van der Waals surface area contributed by atoms with Crippen LogP contribution in [0, 0.1) is 11.8 Å². The van der Waals surface area contributed by atoms with Gasteiger partial charge < -0.3 is 0 Å². The Hall–Kier alpha value is 0. The van der Waals surface area contributed by atoms with Crippen LogP contribution in [-0.2, 0) is 0 Å². The fourth-order valence-electron chi connectivity index (χ4n) is 1.46. The van der Waals surface area contributed by atoms with Gasteiger partial charge in [0.25, 0.3) is 0 Å². The van der Waals surface area contributed by atoms with Gasteiger partial charge in [-0.1, -0.05) is 109 Å². The second-order valence-corrected chi connectivity index (χ2v) is 4.25. The smallest absolute Gasteiger partial charge is 0.0412 e. The molecule has 1 saturated carbocycles. The highest BCUT2D eigenvalue weighted by molar-refractivity contribution is 4.71. The molecular weight excluding hydrogens is 228 g/mol. The lowest BCUT2D eigenvalue weighted by atomic mass is 9.79. The molecule has 0 heteroatoms. The second kappa shape index (κ2) is 36.1. The summed E-state index contributed by atoms with van der Waals surface area (Å²) in [6, 6.07) is 0. The fourth-order valence-corrected chi connectivity index (χ4v) is 1.46. The summed E-state index contributed by atoms with van der Waals surface area (Å²) < 4.78 is 0. The molecule has 1 atom stereocenters. The Morgan fingerprint density at radius 3 is 1.32 bits per heavy atom. The zero-order valence-electron chi connectivity index (χ0n) is 15.4. The van der Waals surface area contributed by atoms with Crippen molar-refractivity contribution in [2.75, 3.05) is 0 Å². The van der Waals surface area contributed by atoms with E-state index in [-0.39, 0.29) is 7.43 Å². The van der Waals surface area contributed by atoms with Gasteiger partial charge in [-0.25, -0.2) is 0 Å². The Balaban J connectivity index is -0.0000000561. The molecular formula is C19H48.